The van der Waals surface area contributed by atoms with Crippen LogP contribution in [0.3, 0.4) is 0 Å². The van der Waals surface area contributed by atoms with Crippen LogP contribution in [0.1, 0.15) is 46.5 Å². The minimum absolute atomic E-state index is 0.0232. The van der Waals surface area contributed by atoms with Gasteiger partial charge in [-0.25, -0.2) is 0 Å². The van der Waals surface area contributed by atoms with Crippen molar-refractivity contribution in [1.82, 2.24) is 0 Å². The van der Waals surface area contributed by atoms with Crippen molar-refractivity contribution in [3.63, 3.8) is 0 Å². The van der Waals surface area contributed by atoms with Crippen LogP contribution in [0.15, 0.2) is 35.6 Å². The largest absolute Gasteiger partial charge is 0.508 e. The van der Waals surface area contributed by atoms with E-state index in [-0.39, 0.29) is 5.41 Å². The molecule has 1 N–H and O–H groups in total. The number of hydrogen-bond acceptors (Lipinski definition) is 3. The molecule has 22 heavy (non-hydrogen) atoms. The lowest BCUT2D eigenvalue weighted by molar-refractivity contribution is -0.125. The summed E-state index contributed by atoms with van der Waals surface area (Å²) >= 11 is 0. The molecule has 0 aromatic heterocycles. The van der Waals surface area contributed by atoms with E-state index >= 15 is 0 Å². The molecule has 2 fully saturated rings. The van der Waals surface area contributed by atoms with Crippen molar-refractivity contribution in [1.29, 1.82) is 0 Å². The van der Waals surface area contributed by atoms with Crippen molar-refractivity contribution < 1.29 is 14.6 Å². The van der Waals surface area contributed by atoms with Gasteiger partial charge in [-0.15, -0.1) is 6.58 Å². The van der Waals surface area contributed by atoms with Crippen LogP contribution in [-0.4, -0.2) is 24.1 Å². The summed E-state index contributed by atoms with van der Waals surface area (Å²) in [6.07, 6.45) is 7.39. The molecule has 2 aliphatic carbocycles. The molecule has 3 heteroatoms. The van der Waals surface area contributed by atoms with Crippen LogP contribution in [0.4, 0.5) is 0 Å². The summed E-state index contributed by atoms with van der Waals surface area (Å²) in [5, 5.41) is 10.6. The average Bonchev–Trinajstić information content (AvgIpc) is 2.99. The first kappa shape index (κ1) is 15.8. The van der Waals surface area contributed by atoms with E-state index in [0.717, 1.165) is 36.8 Å². The van der Waals surface area contributed by atoms with E-state index in [1.165, 1.54) is 0 Å². The molecule has 0 aromatic rings. The number of fused-ring (bicyclic) bond motifs is 2. The highest BCUT2D eigenvalue weighted by molar-refractivity contribution is 5.39. The Hall–Kier alpha value is -1.06. The summed E-state index contributed by atoms with van der Waals surface area (Å²) in [6.45, 7) is 12.0. The van der Waals surface area contributed by atoms with Crippen molar-refractivity contribution in [3.8, 4) is 0 Å². The molecule has 2 atom stereocenters. The Kier molecular flexibility index (Phi) is 3.98. The summed E-state index contributed by atoms with van der Waals surface area (Å²) in [4.78, 5) is 0. The molecule has 3 nitrogen and oxygen atoms in total. The quantitative estimate of drug-likeness (QED) is 0.779. The van der Waals surface area contributed by atoms with Gasteiger partial charge in [0.25, 0.3) is 0 Å². The number of allylic oxidation sites excluding steroid dienone is 3. The van der Waals surface area contributed by atoms with Crippen molar-refractivity contribution in [2.24, 2.45) is 17.3 Å². The van der Waals surface area contributed by atoms with E-state index in [0.29, 0.717) is 30.8 Å². The maximum Gasteiger partial charge on any atom is 0.192 e. The van der Waals surface area contributed by atoms with Gasteiger partial charge in [0.15, 0.2) is 5.79 Å². The van der Waals surface area contributed by atoms with E-state index < -0.39 is 5.79 Å². The van der Waals surface area contributed by atoms with Gasteiger partial charge < -0.3 is 14.6 Å². The second-order valence-electron chi connectivity index (χ2n) is 7.46. The molecule has 0 amide bonds. The van der Waals surface area contributed by atoms with Gasteiger partial charge in [-0.2, -0.15) is 0 Å². The molecule has 0 unspecified atom stereocenters. The molecule has 0 bridgehead atoms. The van der Waals surface area contributed by atoms with E-state index in [9.17, 15) is 5.11 Å². The molecule has 1 spiro atoms. The molecule has 1 saturated carbocycles. The Morgan fingerprint density at radius 3 is 2.68 bits per heavy atom. The van der Waals surface area contributed by atoms with Crippen LogP contribution in [0.2, 0.25) is 0 Å². The lowest BCUT2D eigenvalue weighted by Gasteiger charge is -2.35. The molecule has 122 valence electrons. The SMILES string of the molecule is C=CCC1=C(O)C=C2C3(C[C@H](C(C)C)[C@@]2(C)CC1)OCCO3. The summed E-state index contributed by atoms with van der Waals surface area (Å²) in [6, 6.07) is 0. The minimum atomic E-state index is -0.610. The molecule has 1 saturated heterocycles. The first-order valence-corrected chi connectivity index (χ1v) is 8.45. The second-order valence-corrected chi connectivity index (χ2v) is 7.46. The van der Waals surface area contributed by atoms with E-state index in [1.54, 1.807) is 0 Å². The zero-order valence-electron chi connectivity index (χ0n) is 14.0. The van der Waals surface area contributed by atoms with Crippen molar-refractivity contribution in [2.75, 3.05) is 13.2 Å². The van der Waals surface area contributed by atoms with E-state index in [1.807, 2.05) is 12.2 Å². The molecule has 1 aliphatic heterocycles. The lowest BCUT2D eigenvalue weighted by atomic mass is 9.69. The Balaban J connectivity index is 2.08. The summed E-state index contributed by atoms with van der Waals surface area (Å²) in [5.74, 6) is 0.847. The highest BCUT2D eigenvalue weighted by Gasteiger charge is 2.60. The zero-order valence-corrected chi connectivity index (χ0v) is 14.0. The lowest BCUT2D eigenvalue weighted by Crippen LogP contribution is -2.32. The maximum absolute atomic E-state index is 10.6. The topological polar surface area (TPSA) is 38.7 Å². The van der Waals surface area contributed by atoms with Gasteiger partial charge in [-0.05, 0) is 53.7 Å². The fourth-order valence-electron chi connectivity index (χ4n) is 4.71. The van der Waals surface area contributed by atoms with Gasteiger partial charge in [0.2, 0.25) is 0 Å². The predicted octanol–water partition coefficient (Wildman–Crippen LogP) is 4.52. The smallest absolute Gasteiger partial charge is 0.192 e. The van der Waals surface area contributed by atoms with Crippen LogP contribution >= 0.6 is 0 Å². The van der Waals surface area contributed by atoms with Gasteiger partial charge in [-0.1, -0.05) is 26.8 Å². The normalized spacial score (nSPS) is 34.0. The maximum atomic E-state index is 10.6. The molecule has 0 radical (unpaired) electrons. The van der Waals surface area contributed by atoms with Crippen molar-refractivity contribution >= 4 is 0 Å². The molecule has 0 aromatic carbocycles. The van der Waals surface area contributed by atoms with Crippen LogP contribution in [0.5, 0.6) is 0 Å². The molecule has 3 rings (SSSR count). The standard InChI is InChI=1S/C19H28O3/c1-5-6-14-7-8-18(4)15(13(2)3)12-19(21-9-10-22-19)17(18)11-16(14)20/h5,11,13,15,20H,1,6-10,12H2,2-4H3/t15-,18-/m1/s1. The van der Waals surface area contributed by atoms with Gasteiger partial charge in [0.05, 0.1) is 13.2 Å². The molecular weight excluding hydrogens is 276 g/mol. The Bertz CT molecular complexity index is 523. The highest BCUT2D eigenvalue weighted by Crippen LogP contribution is 2.61. The summed E-state index contributed by atoms with van der Waals surface area (Å²) in [5.41, 5.74) is 2.25. The number of aliphatic hydroxyl groups is 1. The monoisotopic (exact) mass is 304 g/mol. The first-order chi connectivity index (χ1) is 10.4. The van der Waals surface area contributed by atoms with E-state index in [4.69, 9.17) is 9.47 Å². The Morgan fingerprint density at radius 1 is 1.41 bits per heavy atom. The summed E-state index contributed by atoms with van der Waals surface area (Å²) < 4.78 is 12.1. The molecule has 3 aliphatic rings. The van der Waals surface area contributed by atoms with Crippen LogP contribution < -0.4 is 0 Å². The Morgan fingerprint density at radius 2 is 2.09 bits per heavy atom. The molecule has 1 heterocycles. The van der Waals surface area contributed by atoms with Gasteiger partial charge >= 0.3 is 0 Å². The van der Waals surface area contributed by atoms with Gasteiger partial charge in [-0.3, -0.25) is 0 Å². The second kappa shape index (κ2) is 5.54. The van der Waals surface area contributed by atoms with Gasteiger partial charge in [0.1, 0.15) is 5.76 Å². The highest BCUT2D eigenvalue weighted by atomic mass is 16.7. The third-order valence-electron chi connectivity index (χ3n) is 5.87. The Labute approximate surface area is 133 Å². The van der Waals surface area contributed by atoms with E-state index in [2.05, 4.69) is 27.4 Å². The average molecular weight is 304 g/mol. The van der Waals surface area contributed by atoms with Crippen LogP contribution in [0.25, 0.3) is 0 Å². The number of ether oxygens (including phenoxy) is 2. The van der Waals surface area contributed by atoms with Gasteiger partial charge in [0, 0.05) is 6.42 Å². The molecular formula is C19H28O3. The third kappa shape index (κ3) is 2.26. The number of hydrogen-bond donors (Lipinski definition) is 1. The zero-order chi connectivity index (χ0) is 16.0. The third-order valence-corrected chi connectivity index (χ3v) is 5.87. The number of rotatable bonds is 3. The minimum Gasteiger partial charge on any atom is -0.508 e. The fourth-order valence-corrected chi connectivity index (χ4v) is 4.71. The van der Waals surface area contributed by atoms with Crippen LogP contribution in [0, 0.1) is 17.3 Å². The van der Waals surface area contributed by atoms with Crippen LogP contribution in [-0.2, 0) is 9.47 Å². The summed E-state index contributed by atoms with van der Waals surface area (Å²) in [7, 11) is 0. The predicted molar refractivity (Wildman–Crippen MR) is 87.5 cm³/mol. The fraction of sp³-hybridized carbons (Fsp3) is 0.684. The van der Waals surface area contributed by atoms with Crippen molar-refractivity contribution in [2.45, 2.75) is 52.2 Å². The van der Waals surface area contributed by atoms with Crippen molar-refractivity contribution in [3.05, 3.63) is 35.6 Å². The first-order valence-electron chi connectivity index (χ1n) is 8.45. The number of aliphatic hydroxyl groups excluding tert-OH is 1.